The van der Waals surface area contributed by atoms with E-state index in [0.29, 0.717) is 11.9 Å². The minimum atomic E-state index is -0.307. The fraction of sp³-hybridized carbons (Fsp3) is 0.462. The lowest BCUT2D eigenvalue weighted by molar-refractivity contribution is 0.254. The number of amides is 2. The van der Waals surface area contributed by atoms with Gasteiger partial charge in [-0.05, 0) is 31.7 Å². The van der Waals surface area contributed by atoms with Crippen LogP contribution in [0.15, 0.2) is 30.2 Å². The molecule has 5 nitrogen and oxygen atoms in total. The second-order valence-electron chi connectivity index (χ2n) is 4.54. The van der Waals surface area contributed by atoms with E-state index < -0.39 is 0 Å². The van der Waals surface area contributed by atoms with Crippen LogP contribution in [0.4, 0.5) is 10.7 Å². The normalized spacial score (nSPS) is 16.6. The average molecular weight is 246 g/mol. The lowest BCUT2D eigenvalue weighted by Crippen LogP contribution is -2.25. The van der Waals surface area contributed by atoms with Crippen LogP contribution in [-0.2, 0) is 0 Å². The van der Waals surface area contributed by atoms with Crippen molar-refractivity contribution in [3.63, 3.8) is 0 Å². The molecule has 0 aliphatic heterocycles. The second kappa shape index (κ2) is 6.14. The summed E-state index contributed by atoms with van der Waals surface area (Å²) >= 11 is 0. The van der Waals surface area contributed by atoms with Crippen molar-refractivity contribution >= 4 is 12.0 Å². The molecule has 2 amide bonds. The first-order valence-corrected chi connectivity index (χ1v) is 6.27. The van der Waals surface area contributed by atoms with Crippen LogP contribution in [0.2, 0.25) is 0 Å². The Morgan fingerprint density at radius 2 is 2.00 bits per heavy atom. The Morgan fingerprint density at radius 1 is 1.33 bits per heavy atom. The van der Waals surface area contributed by atoms with E-state index in [1.165, 1.54) is 31.3 Å². The van der Waals surface area contributed by atoms with Gasteiger partial charge in [0.2, 0.25) is 5.95 Å². The van der Waals surface area contributed by atoms with Gasteiger partial charge in [-0.2, -0.15) is 0 Å². The molecule has 1 saturated carbocycles. The van der Waals surface area contributed by atoms with Gasteiger partial charge in [0.1, 0.15) is 0 Å². The van der Waals surface area contributed by atoms with Gasteiger partial charge in [-0.25, -0.2) is 14.8 Å². The van der Waals surface area contributed by atoms with Crippen LogP contribution >= 0.6 is 0 Å². The molecule has 2 rings (SSSR count). The molecule has 0 saturated heterocycles. The number of urea groups is 1. The lowest BCUT2D eigenvalue weighted by Gasteiger charge is -2.10. The molecular weight excluding hydrogens is 228 g/mol. The predicted molar refractivity (Wildman–Crippen MR) is 69.9 cm³/mol. The Balaban J connectivity index is 1.82. The molecule has 18 heavy (non-hydrogen) atoms. The van der Waals surface area contributed by atoms with Crippen LogP contribution in [0.1, 0.15) is 32.6 Å². The zero-order valence-electron chi connectivity index (χ0n) is 10.5. The van der Waals surface area contributed by atoms with Gasteiger partial charge in [0, 0.05) is 18.6 Å². The van der Waals surface area contributed by atoms with E-state index in [2.05, 4.69) is 27.5 Å². The maximum Gasteiger partial charge on any atom is 0.325 e. The van der Waals surface area contributed by atoms with Gasteiger partial charge in [0.15, 0.2) is 0 Å². The van der Waals surface area contributed by atoms with E-state index in [4.69, 9.17) is 0 Å². The van der Waals surface area contributed by atoms with Crippen LogP contribution in [0, 0.1) is 5.92 Å². The number of hydrogen-bond acceptors (Lipinski definition) is 3. The highest BCUT2D eigenvalue weighted by Gasteiger charge is 2.16. The largest absolute Gasteiger partial charge is 0.325 e. The van der Waals surface area contributed by atoms with Crippen molar-refractivity contribution in [2.45, 2.75) is 32.6 Å². The molecule has 0 aromatic carbocycles. The third kappa shape index (κ3) is 3.55. The van der Waals surface area contributed by atoms with E-state index >= 15 is 0 Å². The molecule has 0 spiro atoms. The van der Waals surface area contributed by atoms with Crippen molar-refractivity contribution in [3.05, 3.63) is 30.2 Å². The van der Waals surface area contributed by atoms with E-state index in [-0.39, 0.29) is 6.03 Å². The van der Waals surface area contributed by atoms with Gasteiger partial charge in [-0.1, -0.05) is 18.4 Å². The number of hydrogen-bond donors (Lipinski definition) is 2. The molecule has 1 aliphatic rings. The summed E-state index contributed by atoms with van der Waals surface area (Å²) < 4.78 is 0. The van der Waals surface area contributed by atoms with Crippen molar-refractivity contribution in [2.24, 2.45) is 5.92 Å². The third-order valence-electron chi connectivity index (χ3n) is 3.22. The maximum atomic E-state index is 11.6. The van der Waals surface area contributed by atoms with E-state index in [1.54, 1.807) is 24.7 Å². The molecule has 1 fully saturated rings. The summed E-state index contributed by atoms with van der Waals surface area (Å²) in [6, 6.07) is 1.39. The number of carbonyl (C=O) groups excluding carboxylic acids is 1. The first-order valence-electron chi connectivity index (χ1n) is 6.27. The summed E-state index contributed by atoms with van der Waals surface area (Å²) in [4.78, 5) is 19.4. The maximum absolute atomic E-state index is 11.6. The molecule has 1 aliphatic carbocycles. The smallest absolute Gasteiger partial charge is 0.314 e. The van der Waals surface area contributed by atoms with Crippen molar-refractivity contribution in [1.82, 2.24) is 15.3 Å². The molecule has 5 heteroatoms. The van der Waals surface area contributed by atoms with Crippen LogP contribution in [0.5, 0.6) is 0 Å². The molecule has 0 unspecified atom stereocenters. The van der Waals surface area contributed by atoms with Crippen molar-refractivity contribution in [3.8, 4) is 0 Å². The number of carbonyl (C=O) groups is 1. The SMILES string of the molecule is C/C(=C\NC(=O)Nc1ncccn1)C1CCCC1. The van der Waals surface area contributed by atoms with Crippen molar-refractivity contribution in [1.29, 1.82) is 0 Å². The Kier molecular flexibility index (Phi) is 4.28. The number of allylic oxidation sites excluding steroid dienone is 1. The molecule has 1 heterocycles. The molecule has 0 atom stereocenters. The standard InChI is InChI=1S/C13H18N4O/c1-10(11-5-2-3-6-11)9-16-13(18)17-12-14-7-4-8-15-12/h4,7-9,11H,2-3,5-6H2,1H3,(H2,14,15,16,17,18)/b10-9+. The van der Waals surface area contributed by atoms with Gasteiger partial charge in [0.25, 0.3) is 0 Å². The zero-order chi connectivity index (χ0) is 12.8. The fourth-order valence-electron chi connectivity index (χ4n) is 2.18. The molecule has 96 valence electrons. The summed E-state index contributed by atoms with van der Waals surface area (Å²) in [5.74, 6) is 0.931. The molecule has 1 aromatic heterocycles. The molecule has 0 radical (unpaired) electrons. The summed E-state index contributed by atoms with van der Waals surface area (Å²) in [7, 11) is 0. The number of anilines is 1. The van der Waals surface area contributed by atoms with Crippen molar-refractivity contribution < 1.29 is 4.79 Å². The van der Waals surface area contributed by atoms with Gasteiger partial charge in [-0.3, -0.25) is 5.32 Å². The van der Waals surface area contributed by atoms with Crippen LogP contribution < -0.4 is 10.6 Å². The molecule has 0 bridgehead atoms. The quantitative estimate of drug-likeness (QED) is 0.861. The summed E-state index contributed by atoms with van der Waals surface area (Å²) in [5, 5.41) is 5.29. The highest BCUT2D eigenvalue weighted by molar-refractivity contribution is 5.87. The number of nitrogens with zero attached hydrogens (tertiary/aromatic N) is 2. The highest BCUT2D eigenvalue weighted by Crippen LogP contribution is 2.30. The van der Waals surface area contributed by atoms with Gasteiger partial charge < -0.3 is 5.32 Å². The van der Waals surface area contributed by atoms with E-state index in [1.807, 2.05) is 0 Å². The predicted octanol–water partition coefficient (Wildman–Crippen LogP) is 2.69. The number of nitrogens with one attached hydrogen (secondary N) is 2. The Hall–Kier alpha value is -1.91. The minimum absolute atomic E-state index is 0.307. The first kappa shape index (κ1) is 12.5. The lowest BCUT2D eigenvalue weighted by atomic mass is 10.0. The van der Waals surface area contributed by atoms with Crippen LogP contribution in [-0.4, -0.2) is 16.0 Å². The Morgan fingerprint density at radius 3 is 2.67 bits per heavy atom. The first-order chi connectivity index (χ1) is 8.75. The number of aromatic nitrogens is 2. The van der Waals surface area contributed by atoms with Gasteiger partial charge in [0.05, 0.1) is 0 Å². The Bertz CT molecular complexity index is 424. The topological polar surface area (TPSA) is 66.9 Å². The Labute approximate surface area is 107 Å². The molecule has 1 aromatic rings. The highest BCUT2D eigenvalue weighted by atomic mass is 16.2. The number of rotatable bonds is 3. The summed E-state index contributed by atoms with van der Waals surface area (Å²) in [6.45, 7) is 2.06. The zero-order valence-corrected chi connectivity index (χ0v) is 10.5. The van der Waals surface area contributed by atoms with Gasteiger partial charge >= 0.3 is 6.03 Å². The fourth-order valence-corrected chi connectivity index (χ4v) is 2.18. The third-order valence-corrected chi connectivity index (χ3v) is 3.22. The monoisotopic (exact) mass is 246 g/mol. The van der Waals surface area contributed by atoms with E-state index in [0.717, 1.165) is 0 Å². The van der Waals surface area contributed by atoms with E-state index in [9.17, 15) is 4.79 Å². The average Bonchev–Trinajstić information content (AvgIpc) is 2.91. The molecular formula is C13H18N4O. The van der Waals surface area contributed by atoms with Gasteiger partial charge in [-0.15, -0.1) is 0 Å². The summed E-state index contributed by atoms with van der Waals surface area (Å²) in [5.41, 5.74) is 1.23. The minimum Gasteiger partial charge on any atom is -0.314 e. The van der Waals surface area contributed by atoms with Crippen LogP contribution in [0.3, 0.4) is 0 Å². The van der Waals surface area contributed by atoms with Crippen molar-refractivity contribution in [2.75, 3.05) is 5.32 Å². The molecule has 2 N–H and O–H groups in total. The summed E-state index contributed by atoms with van der Waals surface area (Å²) in [6.07, 6.45) is 10.00. The van der Waals surface area contributed by atoms with Crippen LogP contribution in [0.25, 0.3) is 0 Å². The second-order valence-corrected chi connectivity index (χ2v) is 4.54.